The minimum atomic E-state index is -3.75. The monoisotopic (exact) mass is 456 g/mol. The fourth-order valence-electron chi connectivity index (χ4n) is 2.87. The highest BCUT2D eigenvalue weighted by Gasteiger charge is 2.13. The zero-order valence-electron chi connectivity index (χ0n) is 15.1. The van der Waals surface area contributed by atoms with Gasteiger partial charge in [0.05, 0.1) is 9.77 Å². The number of thiophene rings is 1. The Balaban J connectivity index is 1.48. The van der Waals surface area contributed by atoms with Crippen molar-refractivity contribution in [2.75, 3.05) is 0 Å². The molecule has 0 saturated carbocycles. The molecule has 4 aromatic heterocycles. The third kappa shape index (κ3) is 3.37. The van der Waals surface area contributed by atoms with E-state index >= 15 is 0 Å². The first-order chi connectivity index (χ1) is 14.4. The Morgan fingerprint density at radius 2 is 1.90 bits per heavy atom. The summed E-state index contributed by atoms with van der Waals surface area (Å²) >= 11 is 2.74. The minimum Gasteiger partial charge on any atom is -0.457 e. The van der Waals surface area contributed by atoms with Gasteiger partial charge in [0.2, 0.25) is 15.0 Å². The Kier molecular flexibility index (Phi) is 4.40. The van der Waals surface area contributed by atoms with Crippen LogP contribution in [0, 0.1) is 0 Å². The van der Waals surface area contributed by atoms with Crippen molar-refractivity contribution in [2.45, 2.75) is 4.90 Å². The quantitative estimate of drug-likeness (QED) is 0.443. The SMILES string of the molecule is NS(=O)(=O)c1ccc(-c2ccc(/C=c3\sc4nc(-c5cccs5)nn4c3=O)o2)cc1. The van der Waals surface area contributed by atoms with E-state index in [4.69, 9.17) is 9.56 Å². The fraction of sp³-hybridized carbons (Fsp3) is 0. The molecule has 4 heterocycles. The summed E-state index contributed by atoms with van der Waals surface area (Å²) in [5, 5.41) is 11.3. The highest BCUT2D eigenvalue weighted by atomic mass is 32.2. The van der Waals surface area contributed by atoms with Crippen LogP contribution in [0.1, 0.15) is 5.76 Å². The number of primary sulfonamides is 1. The summed E-state index contributed by atoms with van der Waals surface area (Å²) in [7, 11) is -3.75. The van der Waals surface area contributed by atoms with Crippen LogP contribution in [-0.4, -0.2) is 23.0 Å². The molecule has 0 unspecified atom stereocenters. The highest BCUT2D eigenvalue weighted by Crippen LogP contribution is 2.24. The van der Waals surface area contributed by atoms with E-state index < -0.39 is 10.0 Å². The van der Waals surface area contributed by atoms with Gasteiger partial charge in [-0.3, -0.25) is 4.79 Å². The van der Waals surface area contributed by atoms with Crippen LogP contribution in [0.2, 0.25) is 0 Å². The maximum absolute atomic E-state index is 12.7. The first-order valence-electron chi connectivity index (χ1n) is 8.57. The Bertz CT molecular complexity index is 1580. The number of fused-ring (bicyclic) bond motifs is 1. The zero-order valence-corrected chi connectivity index (χ0v) is 17.5. The number of nitrogens with zero attached hydrogens (tertiary/aromatic N) is 3. The fourth-order valence-corrected chi connectivity index (χ4v) is 4.92. The van der Waals surface area contributed by atoms with Crippen molar-refractivity contribution in [1.29, 1.82) is 0 Å². The maximum Gasteiger partial charge on any atom is 0.291 e. The molecule has 5 aromatic rings. The predicted octanol–water partition coefficient (Wildman–Crippen LogP) is 2.33. The number of sulfonamides is 1. The number of aromatic nitrogens is 3. The molecule has 2 N–H and O–H groups in total. The van der Waals surface area contributed by atoms with Crippen molar-refractivity contribution in [3.05, 3.63) is 74.6 Å². The van der Waals surface area contributed by atoms with Crippen LogP contribution >= 0.6 is 22.7 Å². The van der Waals surface area contributed by atoms with E-state index in [0.29, 0.717) is 32.4 Å². The van der Waals surface area contributed by atoms with Crippen molar-refractivity contribution in [2.24, 2.45) is 5.14 Å². The summed E-state index contributed by atoms with van der Waals surface area (Å²) in [6.07, 6.45) is 1.64. The van der Waals surface area contributed by atoms with E-state index in [2.05, 4.69) is 10.1 Å². The average Bonchev–Trinajstić information content (AvgIpc) is 3.48. The first kappa shape index (κ1) is 18.9. The lowest BCUT2D eigenvalue weighted by molar-refractivity contribution is 0.571. The molecule has 0 radical (unpaired) electrons. The van der Waals surface area contributed by atoms with Gasteiger partial charge in [-0.15, -0.1) is 16.4 Å². The number of hydrogen-bond acceptors (Lipinski definition) is 8. The minimum absolute atomic E-state index is 0.0249. The topological polar surface area (TPSA) is 121 Å². The van der Waals surface area contributed by atoms with Crippen molar-refractivity contribution < 1.29 is 12.8 Å². The Hall–Kier alpha value is -3.12. The number of rotatable bonds is 4. The summed E-state index contributed by atoms with van der Waals surface area (Å²) in [6, 6.07) is 13.3. The summed E-state index contributed by atoms with van der Waals surface area (Å²) in [4.78, 5) is 18.5. The summed E-state index contributed by atoms with van der Waals surface area (Å²) < 4.78 is 30.3. The molecule has 0 atom stereocenters. The van der Waals surface area contributed by atoms with Gasteiger partial charge in [-0.25, -0.2) is 13.6 Å². The molecule has 0 fully saturated rings. The molecule has 0 saturated heterocycles. The molecule has 0 aliphatic heterocycles. The normalized spacial score (nSPS) is 12.8. The van der Waals surface area contributed by atoms with Gasteiger partial charge in [-0.05, 0) is 47.8 Å². The highest BCUT2D eigenvalue weighted by molar-refractivity contribution is 7.89. The van der Waals surface area contributed by atoms with Crippen LogP contribution < -0.4 is 15.2 Å². The van der Waals surface area contributed by atoms with Crippen molar-refractivity contribution in [1.82, 2.24) is 14.6 Å². The molecular formula is C19H12N4O4S3. The first-order valence-corrected chi connectivity index (χ1v) is 11.8. The molecule has 30 heavy (non-hydrogen) atoms. The standard InChI is InChI=1S/C19H12N4O4S3/c20-30(25,26)13-6-3-11(4-7-13)14-8-5-12(27-14)10-16-18(24)23-19(29-16)21-17(22-23)15-2-1-9-28-15/h1-10H,(H2,20,25,26)/b16-10-. The number of thiazole rings is 1. The smallest absolute Gasteiger partial charge is 0.291 e. The molecule has 5 rings (SSSR count). The Labute approximate surface area is 177 Å². The summed E-state index contributed by atoms with van der Waals surface area (Å²) in [5.41, 5.74) is 0.424. The van der Waals surface area contributed by atoms with E-state index in [1.165, 1.54) is 39.3 Å². The lowest BCUT2D eigenvalue weighted by atomic mass is 10.2. The predicted molar refractivity (Wildman–Crippen MR) is 115 cm³/mol. The van der Waals surface area contributed by atoms with E-state index in [-0.39, 0.29) is 10.5 Å². The lowest BCUT2D eigenvalue weighted by Gasteiger charge is -2.00. The van der Waals surface area contributed by atoms with Crippen molar-refractivity contribution >= 4 is 43.7 Å². The largest absolute Gasteiger partial charge is 0.457 e. The van der Waals surface area contributed by atoms with E-state index in [0.717, 1.165) is 4.88 Å². The number of furan rings is 1. The molecule has 0 amide bonds. The summed E-state index contributed by atoms with van der Waals surface area (Å²) in [5.74, 6) is 1.55. The second-order valence-corrected chi connectivity index (χ2v) is 9.81. The Morgan fingerprint density at radius 3 is 2.57 bits per heavy atom. The molecule has 0 bridgehead atoms. The van der Waals surface area contributed by atoms with Gasteiger partial charge in [0.1, 0.15) is 16.1 Å². The third-order valence-corrected chi connectivity index (χ3v) is 7.05. The van der Waals surface area contributed by atoms with Gasteiger partial charge in [-0.2, -0.15) is 9.50 Å². The van der Waals surface area contributed by atoms with E-state index in [9.17, 15) is 13.2 Å². The molecule has 150 valence electrons. The molecule has 0 aliphatic rings. The molecule has 1 aromatic carbocycles. The summed E-state index contributed by atoms with van der Waals surface area (Å²) in [6.45, 7) is 0. The lowest BCUT2D eigenvalue weighted by Crippen LogP contribution is -2.23. The van der Waals surface area contributed by atoms with Gasteiger partial charge in [0, 0.05) is 11.6 Å². The van der Waals surface area contributed by atoms with E-state index in [1.807, 2.05) is 17.5 Å². The average molecular weight is 457 g/mol. The molecule has 0 aliphatic carbocycles. The number of benzene rings is 1. The van der Waals surface area contributed by atoms with Crippen LogP contribution in [0.3, 0.4) is 0 Å². The van der Waals surface area contributed by atoms with Gasteiger partial charge in [0.15, 0.2) is 5.82 Å². The van der Waals surface area contributed by atoms with Gasteiger partial charge >= 0.3 is 0 Å². The second-order valence-electron chi connectivity index (χ2n) is 6.29. The number of hydrogen-bond donors (Lipinski definition) is 1. The molecule has 0 spiro atoms. The van der Waals surface area contributed by atoms with Crippen LogP contribution in [0.4, 0.5) is 0 Å². The van der Waals surface area contributed by atoms with Gasteiger partial charge in [0.25, 0.3) is 5.56 Å². The van der Waals surface area contributed by atoms with Gasteiger partial charge < -0.3 is 4.42 Å². The second kappa shape index (κ2) is 6.99. The van der Waals surface area contributed by atoms with Gasteiger partial charge in [-0.1, -0.05) is 17.4 Å². The van der Waals surface area contributed by atoms with Crippen LogP contribution in [0.25, 0.3) is 33.1 Å². The Morgan fingerprint density at radius 1 is 1.10 bits per heavy atom. The molecule has 11 heteroatoms. The number of nitrogens with two attached hydrogens (primary N) is 1. The van der Waals surface area contributed by atoms with E-state index in [1.54, 1.807) is 30.3 Å². The van der Waals surface area contributed by atoms with Crippen molar-refractivity contribution in [3.63, 3.8) is 0 Å². The van der Waals surface area contributed by atoms with Crippen LogP contribution in [-0.2, 0) is 10.0 Å². The zero-order chi connectivity index (χ0) is 20.9. The maximum atomic E-state index is 12.7. The van der Waals surface area contributed by atoms with Crippen LogP contribution in [0.5, 0.6) is 0 Å². The third-order valence-electron chi connectivity index (χ3n) is 4.29. The molecular weight excluding hydrogens is 444 g/mol. The molecule has 8 nitrogen and oxygen atoms in total. The van der Waals surface area contributed by atoms with Crippen molar-refractivity contribution in [3.8, 4) is 22.0 Å². The van der Waals surface area contributed by atoms with Crippen LogP contribution in [0.15, 0.2) is 68.0 Å².